The van der Waals surface area contributed by atoms with E-state index < -0.39 is 5.60 Å². The van der Waals surface area contributed by atoms with Crippen molar-refractivity contribution in [2.24, 2.45) is 5.92 Å². The van der Waals surface area contributed by atoms with Gasteiger partial charge in [-0.1, -0.05) is 26.7 Å². The van der Waals surface area contributed by atoms with Gasteiger partial charge in [0.1, 0.15) is 0 Å². The third kappa shape index (κ3) is 8.43. The largest absolute Gasteiger partial charge is 0.390 e. The Balaban J connectivity index is 3.64. The second-order valence-electron chi connectivity index (χ2n) is 4.81. The quantitative estimate of drug-likeness (QED) is 0.683. The highest BCUT2D eigenvalue weighted by Crippen LogP contribution is 2.11. The van der Waals surface area contributed by atoms with E-state index in [0.717, 1.165) is 25.8 Å². The summed E-state index contributed by atoms with van der Waals surface area (Å²) in [6.45, 7) is 8.36. The van der Waals surface area contributed by atoms with Crippen LogP contribution in [0.2, 0.25) is 0 Å². The van der Waals surface area contributed by atoms with E-state index in [-0.39, 0.29) is 12.3 Å². The van der Waals surface area contributed by atoms with Crippen molar-refractivity contribution >= 4 is 5.91 Å². The summed E-state index contributed by atoms with van der Waals surface area (Å²) < 4.78 is 0. The van der Waals surface area contributed by atoms with Crippen molar-refractivity contribution in [2.75, 3.05) is 6.54 Å². The molecule has 0 spiro atoms. The average Bonchev–Trinajstić information content (AvgIpc) is 2.09. The minimum Gasteiger partial charge on any atom is -0.390 e. The third-order valence-electron chi connectivity index (χ3n) is 2.62. The Kier molecular flexibility index (Phi) is 6.57. The molecule has 2 N–H and O–H groups in total. The molecule has 3 nitrogen and oxygen atoms in total. The average molecular weight is 215 g/mol. The first-order chi connectivity index (χ1) is 6.89. The smallest absolute Gasteiger partial charge is 0.222 e. The molecule has 0 aromatic heterocycles. The number of amides is 1. The van der Waals surface area contributed by atoms with Crippen LogP contribution in [-0.4, -0.2) is 23.2 Å². The van der Waals surface area contributed by atoms with Crippen LogP contribution in [0.3, 0.4) is 0 Å². The van der Waals surface area contributed by atoms with E-state index in [0.29, 0.717) is 5.92 Å². The Bertz CT molecular complexity index is 181. The Morgan fingerprint density at radius 2 is 1.87 bits per heavy atom. The molecule has 0 saturated carbocycles. The normalized spacial score (nSPS) is 11.9. The standard InChI is InChI=1S/C12H25NO2/c1-5-10(6-2)7-8-13-11(14)9-12(3,4)15/h10,15H,5-9H2,1-4H3,(H,13,14). The number of hydrogen-bond acceptors (Lipinski definition) is 2. The van der Waals surface area contributed by atoms with Gasteiger partial charge in [0.25, 0.3) is 0 Å². The van der Waals surface area contributed by atoms with Crippen LogP contribution >= 0.6 is 0 Å². The summed E-state index contributed by atoms with van der Waals surface area (Å²) in [5.74, 6) is 0.640. The van der Waals surface area contributed by atoms with E-state index in [1.807, 2.05) is 0 Å². The van der Waals surface area contributed by atoms with Crippen molar-refractivity contribution in [1.29, 1.82) is 0 Å². The van der Waals surface area contributed by atoms with Gasteiger partial charge in [0.05, 0.1) is 12.0 Å². The molecule has 0 rings (SSSR count). The van der Waals surface area contributed by atoms with Crippen LogP contribution in [0.5, 0.6) is 0 Å². The molecule has 0 aliphatic carbocycles. The van der Waals surface area contributed by atoms with Gasteiger partial charge in [-0.2, -0.15) is 0 Å². The van der Waals surface area contributed by atoms with Crippen LogP contribution in [0.15, 0.2) is 0 Å². The number of carbonyl (C=O) groups excluding carboxylic acids is 1. The first-order valence-corrected chi connectivity index (χ1v) is 5.88. The van der Waals surface area contributed by atoms with Gasteiger partial charge in [-0.05, 0) is 26.2 Å². The molecular weight excluding hydrogens is 190 g/mol. The van der Waals surface area contributed by atoms with E-state index in [2.05, 4.69) is 19.2 Å². The number of carbonyl (C=O) groups is 1. The third-order valence-corrected chi connectivity index (χ3v) is 2.62. The van der Waals surface area contributed by atoms with Gasteiger partial charge in [-0.3, -0.25) is 4.79 Å². The molecule has 0 saturated heterocycles. The molecule has 0 aromatic rings. The predicted octanol–water partition coefficient (Wildman–Crippen LogP) is 2.09. The molecule has 0 radical (unpaired) electrons. The molecule has 0 atom stereocenters. The predicted molar refractivity (Wildman–Crippen MR) is 62.6 cm³/mol. The van der Waals surface area contributed by atoms with Crippen LogP contribution in [0.1, 0.15) is 53.4 Å². The Morgan fingerprint density at radius 3 is 2.27 bits per heavy atom. The number of nitrogens with one attached hydrogen (secondary N) is 1. The molecular formula is C12H25NO2. The maximum Gasteiger partial charge on any atom is 0.222 e. The lowest BCUT2D eigenvalue weighted by molar-refractivity contribution is -0.124. The minimum absolute atomic E-state index is 0.0616. The second-order valence-corrected chi connectivity index (χ2v) is 4.81. The molecule has 0 unspecified atom stereocenters. The summed E-state index contributed by atoms with van der Waals surface area (Å²) in [7, 11) is 0. The molecule has 1 amide bonds. The monoisotopic (exact) mass is 215 g/mol. The number of aliphatic hydroxyl groups is 1. The molecule has 3 heteroatoms. The SMILES string of the molecule is CCC(CC)CCNC(=O)CC(C)(C)O. The second kappa shape index (κ2) is 6.83. The van der Waals surface area contributed by atoms with Crippen LogP contribution < -0.4 is 5.32 Å². The van der Waals surface area contributed by atoms with Crippen LogP contribution in [0.4, 0.5) is 0 Å². The fourth-order valence-electron chi connectivity index (χ4n) is 1.57. The van der Waals surface area contributed by atoms with Crippen molar-refractivity contribution in [3.05, 3.63) is 0 Å². The molecule has 15 heavy (non-hydrogen) atoms. The van der Waals surface area contributed by atoms with Crippen LogP contribution in [-0.2, 0) is 4.79 Å². The Morgan fingerprint density at radius 1 is 1.33 bits per heavy atom. The molecule has 0 aromatic carbocycles. The van der Waals surface area contributed by atoms with Crippen molar-refractivity contribution < 1.29 is 9.90 Å². The Hall–Kier alpha value is -0.570. The Labute approximate surface area is 93.3 Å². The van der Waals surface area contributed by atoms with Crippen molar-refractivity contribution in [1.82, 2.24) is 5.32 Å². The van der Waals surface area contributed by atoms with Gasteiger partial charge in [0, 0.05) is 6.54 Å². The zero-order valence-electron chi connectivity index (χ0n) is 10.5. The topological polar surface area (TPSA) is 49.3 Å². The summed E-state index contributed by atoms with van der Waals surface area (Å²) in [5.41, 5.74) is -0.904. The lowest BCUT2D eigenvalue weighted by Gasteiger charge is -2.17. The van der Waals surface area contributed by atoms with Crippen LogP contribution in [0.25, 0.3) is 0 Å². The minimum atomic E-state index is -0.904. The first kappa shape index (κ1) is 14.4. The zero-order chi connectivity index (χ0) is 11.9. The first-order valence-electron chi connectivity index (χ1n) is 5.88. The molecule has 0 heterocycles. The molecule has 0 fully saturated rings. The number of rotatable bonds is 7. The van der Waals surface area contributed by atoms with E-state index in [1.165, 1.54) is 0 Å². The summed E-state index contributed by atoms with van der Waals surface area (Å²) in [6.07, 6.45) is 3.54. The van der Waals surface area contributed by atoms with Gasteiger partial charge < -0.3 is 10.4 Å². The molecule has 0 aliphatic rings. The van der Waals surface area contributed by atoms with Gasteiger partial charge in [0.2, 0.25) is 5.91 Å². The highest BCUT2D eigenvalue weighted by Gasteiger charge is 2.17. The summed E-state index contributed by atoms with van der Waals surface area (Å²) in [5, 5.41) is 12.3. The fourth-order valence-corrected chi connectivity index (χ4v) is 1.57. The summed E-state index contributed by atoms with van der Waals surface area (Å²) in [4.78, 5) is 11.3. The van der Waals surface area contributed by atoms with Gasteiger partial charge in [-0.15, -0.1) is 0 Å². The van der Waals surface area contributed by atoms with Crippen molar-refractivity contribution in [2.45, 2.75) is 59.0 Å². The number of hydrogen-bond donors (Lipinski definition) is 2. The van der Waals surface area contributed by atoms with E-state index in [1.54, 1.807) is 13.8 Å². The van der Waals surface area contributed by atoms with E-state index in [4.69, 9.17) is 0 Å². The highest BCUT2D eigenvalue weighted by atomic mass is 16.3. The van der Waals surface area contributed by atoms with E-state index >= 15 is 0 Å². The summed E-state index contributed by atoms with van der Waals surface area (Å²) >= 11 is 0. The van der Waals surface area contributed by atoms with Gasteiger partial charge >= 0.3 is 0 Å². The van der Waals surface area contributed by atoms with E-state index in [9.17, 15) is 9.90 Å². The van der Waals surface area contributed by atoms with Gasteiger partial charge in [-0.25, -0.2) is 0 Å². The highest BCUT2D eigenvalue weighted by molar-refractivity contribution is 5.76. The lowest BCUT2D eigenvalue weighted by atomic mass is 9.99. The van der Waals surface area contributed by atoms with Crippen LogP contribution in [0, 0.1) is 5.92 Å². The van der Waals surface area contributed by atoms with Crippen molar-refractivity contribution in [3.63, 3.8) is 0 Å². The zero-order valence-corrected chi connectivity index (χ0v) is 10.5. The van der Waals surface area contributed by atoms with Gasteiger partial charge in [0.15, 0.2) is 0 Å². The lowest BCUT2D eigenvalue weighted by Crippen LogP contribution is -2.33. The van der Waals surface area contributed by atoms with Crippen molar-refractivity contribution in [3.8, 4) is 0 Å². The maximum atomic E-state index is 11.3. The molecule has 0 bridgehead atoms. The molecule has 90 valence electrons. The fraction of sp³-hybridized carbons (Fsp3) is 0.917. The molecule has 0 aliphatic heterocycles. The summed E-state index contributed by atoms with van der Waals surface area (Å²) in [6, 6.07) is 0. The maximum absolute atomic E-state index is 11.3.